The number of fused-ring (bicyclic) bond motifs is 1. The highest BCUT2D eigenvalue weighted by Crippen LogP contribution is 2.42. The van der Waals surface area contributed by atoms with Crippen LogP contribution < -0.4 is 0 Å². The van der Waals surface area contributed by atoms with E-state index in [0.717, 1.165) is 31.4 Å². The fourth-order valence-corrected chi connectivity index (χ4v) is 4.42. The first-order valence-electron chi connectivity index (χ1n) is 7.84. The fraction of sp³-hybridized carbons (Fsp3) is 0.556. The summed E-state index contributed by atoms with van der Waals surface area (Å²) in [6, 6.07) is 6.67. The third-order valence-electron chi connectivity index (χ3n) is 4.58. The number of aryl methyl sites for hydroxylation is 2. The van der Waals surface area contributed by atoms with Crippen LogP contribution in [0.3, 0.4) is 0 Å². The first kappa shape index (κ1) is 14.9. The van der Waals surface area contributed by atoms with E-state index in [1.54, 1.807) is 0 Å². The second kappa shape index (κ2) is 5.29. The van der Waals surface area contributed by atoms with Crippen LogP contribution in [0.15, 0.2) is 18.2 Å². The maximum absolute atomic E-state index is 10.4. The molecule has 0 saturated carbocycles. The molecule has 0 saturated heterocycles. The SMILES string of the molecule is CCc1ccc(Cn2c(C)cc3c2CC(C)(C)CC3O)s1. The Labute approximate surface area is 131 Å². The number of aliphatic hydroxyl groups is 1. The van der Waals surface area contributed by atoms with Crippen LogP contribution in [0.5, 0.6) is 0 Å². The van der Waals surface area contributed by atoms with Crippen molar-refractivity contribution in [1.29, 1.82) is 0 Å². The number of nitrogens with zero attached hydrogens (tertiary/aromatic N) is 1. The van der Waals surface area contributed by atoms with Crippen molar-refractivity contribution >= 4 is 11.3 Å². The Bertz CT molecular complexity index is 650. The molecular weight excluding hydrogens is 278 g/mol. The number of thiophene rings is 1. The maximum atomic E-state index is 10.4. The Hall–Kier alpha value is -1.06. The number of hydrogen-bond donors (Lipinski definition) is 1. The highest BCUT2D eigenvalue weighted by Gasteiger charge is 2.34. The first-order chi connectivity index (χ1) is 9.89. The molecule has 1 N–H and O–H groups in total. The van der Waals surface area contributed by atoms with Gasteiger partial charge in [0, 0.05) is 26.7 Å². The summed E-state index contributed by atoms with van der Waals surface area (Å²) in [7, 11) is 0. The van der Waals surface area contributed by atoms with E-state index < -0.39 is 0 Å². The lowest BCUT2D eigenvalue weighted by atomic mass is 9.75. The van der Waals surface area contributed by atoms with E-state index in [1.165, 1.54) is 21.1 Å². The standard InChI is InChI=1S/C18H25NOS/c1-5-13-6-7-14(21-13)11-19-12(2)8-15-16(19)9-18(3,4)10-17(15)20/h6-8,17,20H,5,9-11H2,1-4H3. The average molecular weight is 303 g/mol. The van der Waals surface area contributed by atoms with Crippen LogP contribution in [0.1, 0.15) is 60.0 Å². The Morgan fingerprint density at radius 3 is 2.71 bits per heavy atom. The van der Waals surface area contributed by atoms with Crippen LogP contribution in [0.25, 0.3) is 0 Å². The van der Waals surface area contributed by atoms with Gasteiger partial charge < -0.3 is 9.67 Å². The minimum absolute atomic E-state index is 0.180. The van der Waals surface area contributed by atoms with Crippen molar-refractivity contribution in [2.45, 2.75) is 59.6 Å². The van der Waals surface area contributed by atoms with Gasteiger partial charge >= 0.3 is 0 Å². The molecule has 1 aliphatic rings. The number of hydrogen-bond acceptors (Lipinski definition) is 2. The molecule has 0 fully saturated rings. The van der Waals surface area contributed by atoms with Crippen LogP contribution >= 0.6 is 11.3 Å². The van der Waals surface area contributed by atoms with Crippen molar-refractivity contribution in [2.75, 3.05) is 0 Å². The van der Waals surface area contributed by atoms with Crippen molar-refractivity contribution in [3.63, 3.8) is 0 Å². The molecule has 0 aliphatic heterocycles. The summed E-state index contributed by atoms with van der Waals surface area (Å²) < 4.78 is 2.41. The summed E-state index contributed by atoms with van der Waals surface area (Å²) in [4.78, 5) is 2.86. The second-order valence-corrected chi connectivity index (χ2v) is 8.31. The van der Waals surface area contributed by atoms with Gasteiger partial charge in [-0.2, -0.15) is 0 Å². The quantitative estimate of drug-likeness (QED) is 0.889. The van der Waals surface area contributed by atoms with E-state index in [4.69, 9.17) is 0 Å². The highest BCUT2D eigenvalue weighted by molar-refractivity contribution is 7.11. The zero-order chi connectivity index (χ0) is 15.2. The van der Waals surface area contributed by atoms with E-state index in [-0.39, 0.29) is 11.5 Å². The van der Waals surface area contributed by atoms with Gasteiger partial charge in [-0.15, -0.1) is 11.3 Å². The Morgan fingerprint density at radius 1 is 1.33 bits per heavy atom. The van der Waals surface area contributed by atoms with Crippen LogP contribution in [0.2, 0.25) is 0 Å². The molecule has 21 heavy (non-hydrogen) atoms. The number of aromatic nitrogens is 1. The summed E-state index contributed by atoms with van der Waals surface area (Å²) >= 11 is 1.91. The lowest BCUT2D eigenvalue weighted by Gasteiger charge is -2.34. The van der Waals surface area contributed by atoms with Gasteiger partial charge in [-0.25, -0.2) is 0 Å². The highest BCUT2D eigenvalue weighted by atomic mass is 32.1. The molecule has 0 aromatic carbocycles. The number of aliphatic hydroxyl groups excluding tert-OH is 1. The van der Waals surface area contributed by atoms with E-state index in [2.05, 4.69) is 50.5 Å². The minimum atomic E-state index is -0.307. The normalized spacial score (nSPS) is 20.5. The van der Waals surface area contributed by atoms with E-state index >= 15 is 0 Å². The van der Waals surface area contributed by atoms with Gasteiger partial charge in [0.2, 0.25) is 0 Å². The van der Waals surface area contributed by atoms with Gasteiger partial charge in [0.05, 0.1) is 12.6 Å². The molecule has 3 rings (SSSR count). The fourth-order valence-electron chi connectivity index (χ4n) is 3.47. The van der Waals surface area contributed by atoms with Gasteiger partial charge in [0.25, 0.3) is 0 Å². The van der Waals surface area contributed by atoms with Gasteiger partial charge in [-0.05, 0) is 49.8 Å². The van der Waals surface area contributed by atoms with Gasteiger partial charge in [-0.1, -0.05) is 20.8 Å². The third-order valence-corrected chi connectivity index (χ3v) is 5.79. The summed E-state index contributed by atoms with van der Waals surface area (Å²) in [5.41, 5.74) is 3.93. The van der Waals surface area contributed by atoms with Gasteiger partial charge in [0.15, 0.2) is 0 Å². The molecule has 0 amide bonds. The molecule has 0 radical (unpaired) electrons. The summed E-state index contributed by atoms with van der Waals surface area (Å²) in [5.74, 6) is 0. The number of rotatable bonds is 3. The third kappa shape index (κ3) is 2.82. The maximum Gasteiger partial charge on any atom is 0.0812 e. The molecule has 2 aromatic rings. The zero-order valence-corrected chi connectivity index (χ0v) is 14.3. The van der Waals surface area contributed by atoms with Crippen molar-refractivity contribution in [3.05, 3.63) is 44.9 Å². The van der Waals surface area contributed by atoms with E-state index in [1.807, 2.05) is 11.3 Å². The Kier molecular flexibility index (Phi) is 3.74. The summed E-state index contributed by atoms with van der Waals surface area (Å²) in [6.45, 7) is 9.82. The van der Waals surface area contributed by atoms with Crippen LogP contribution in [-0.4, -0.2) is 9.67 Å². The topological polar surface area (TPSA) is 25.2 Å². The molecule has 0 bridgehead atoms. The predicted molar refractivity (Wildman–Crippen MR) is 89.0 cm³/mol. The van der Waals surface area contributed by atoms with Gasteiger partial charge in [-0.3, -0.25) is 0 Å². The summed E-state index contributed by atoms with van der Waals surface area (Å²) in [6.07, 6.45) is 2.72. The van der Waals surface area contributed by atoms with Crippen molar-refractivity contribution in [2.24, 2.45) is 5.41 Å². The largest absolute Gasteiger partial charge is 0.388 e. The molecule has 2 aromatic heterocycles. The molecule has 3 heteroatoms. The second-order valence-electron chi connectivity index (χ2n) is 7.06. The molecular formula is C18H25NOS. The minimum Gasteiger partial charge on any atom is -0.388 e. The van der Waals surface area contributed by atoms with E-state index in [9.17, 15) is 5.11 Å². The Morgan fingerprint density at radius 2 is 2.05 bits per heavy atom. The lowest BCUT2D eigenvalue weighted by Crippen LogP contribution is -2.27. The lowest BCUT2D eigenvalue weighted by molar-refractivity contribution is 0.0981. The molecule has 2 heterocycles. The molecule has 1 aliphatic carbocycles. The van der Waals surface area contributed by atoms with Crippen molar-refractivity contribution in [1.82, 2.24) is 4.57 Å². The molecule has 114 valence electrons. The smallest absolute Gasteiger partial charge is 0.0812 e. The monoisotopic (exact) mass is 303 g/mol. The van der Waals surface area contributed by atoms with Crippen LogP contribution in [0.4, 0.5) is 0 Å². The van der Waals surface area contributed by atoms with Gasteiger partial charge in [0.1, 0.15) is 0 Å². The van der Waals surface area contributed by atoms with E-state index in [0.29, 0.717) is 0 Å². The molecule has 0 spiro atoms. The summed E-state index contributed by atoms with van der Waals surface area (Å²) in [5, 5.41) is 10.4. The van der Waals surface area contributed by atoms with Crippen molar-refractivity contribution in [3.8, 4) is 0 Å². The van der Waals surface area contributed by atoms with Crippen LogP contribution in [-0.2, 0) is 19.4 Å². The predicted octanol–water partition coefficient (Wildman–Crippen LogP) is 4.47. The van der Waals surface area contributed by atoms with Crippen molar-refractivity contribution < 1.29 is 5.11 Å². The zero-order valence-electron chi connectivity index (χ0n) is 13.4. The molecule has 1 atom stereocenters. The van der Waals surface area contributed by atoms with Crippen LogP contribution in [0, 0.1) is 12.3 Å². The average Bonchev–Trinajstić information content (AvgIpc) is 2.96. The molecule has 2 nitrogen and oxygen atoms in total. The first-order valence-corrected chi connectivity index (χ1v) is 8.66. The Balaban J connectivity index is 1.96. The molecule has 1 unspecified atom stereocenters.